The molecular formula is C16H22N2O3. The van der Waals surface area contributed by atoms with E-state index in [1.165, 1.54) is 12.1 Å². The number of benzene rings is 1. The molecule has 5 nitrogen and oxygen atoms in total. The van der Waals surface area contributed by atoms with Gasteiger partial charge in [0.25, 0.3) is 5.69 Å². The molecular weight excluding hydrogens is 268 g/mol. The summed E-state index contributed by atoms with van der Waals surface area (Å²) in [4.78, 5) is 24.7. The summed E-state index contributed by atoms with van der Waals surface area (Å²) in [5, 5.41) is 10.7. The fraction of sp³-hybridized carbons (Fsp3) is 0.562. The molecule has 1 aliphatic rings. The van der Waals surface area contributed by atoms with E-state index >= 15 is 0 Å². The van der Waals surface area contributed by atoms with Crippen molar-refractivity contribution in [1.82, 2.24) is 4.90 Å². The number of carbonyl (C=O) groups is 1. The number of non-ortho nitro benzene ring substituents is 1. The van der Waals surface area contributed by atoms with Gasteiger partial charge in [0.1, 0.15) is 0 Å². The average Bonchev–Trinajstić information content (AvgIpc) is 2.48. The van der Waals surface area contributed by atoms with Crippen LogP contribution in [-0.4, -0.2) is 35.2 Å². The van der Waals surface area contributed by atoms with E-state index in [1.807, 2.05) is 0 Å². The summed E-state index contributed by atoms with van der Waals surface area (Å²) in [6.45, 7) is 6.71. The molecule has 0 unspecified atom stereocenters. The Hall–Kier alpha value is -1.75. The number of ketones is 1. The van der Waals surface area contributed by atoms with E-state index in [0.29, 0.717) is 18.0 Å². The molecule has 2 rings (SSSR count). The fourth-order valence-electron chi connectivity index (χ4n) is 2.87. The first-order valence-electron chi connectivity index (χ1n) is 7.47. The second kappa shape index (κ2) is 6.80. The van der Waals surface area contributed by atoms with Crippen molar-refractivity contribution in [2.45, 2.75) is 26.7 Å². The molecule has 0 bridgehead atoms. The Morgan fingerprint density at radius 1 is 1.38 bits per heavy atom. The van der Waals surface area contributed by atoms with Crippen molar-refractivity contribution in [2.24, 2.45) is 11.8 Å². The molecule has 1 aromatic rings. The maximum atomic E-state index is 12.2. The summed E-state index contributed by atoms with van der Waals surface area (Å²) < 4.78 is 0. The fourth-order valence-corrected chi connectivity index (χ4v) is 2.87. The highest BCUT2D eigenvalue weighted by Gasteiger charge is 2.23. The van der Waals surface area contributed by atoms with Crippen LogP contribution in [0, 0.1) is 22.0 Å². The van der Waals surface area contributed by atoms with Crippen LogP contribution in [0.3, 0.4) is 0 Å². The number of hydrogen-bond acceptors (Lipinski definition) is 4. The van der Waals surface area contributed by atoms with Crippen molar-refractivity contribution in [2.75, 3.05) is 19.6 Å². The first kappa shape index (κ1) is 15.6. The quantitative estimate of drug-likeness (QED) is 0.475. The zero-order valence-electron chi connectivity index (χ0n) is 12.6. The van der Waals surface area contributed by atoms with Crippen LogP contribution in [-0.2, 0) is 0 Å². The van der Waals surface area contributed by atoms with Crippen molar-refractivity contribution >= 4 is 11.5 Å². The van der Waals surface area contributed by atoms with Gasteiger partial charge < -0.3 is 0 Å². The standard InChI is InChI=1S/C16H22N2O3/c1-12(2)13-6-8-17(9-7-13)11-16(19)14-4-3-5-15(10-14)18(20)21/h3-5,10,12-13H,6-9,11H2,1-2H3. The van der Waals surface area contributed by atoms with Crippen LogP contribution >= 0.6 is 0 Å². The predicted octanol–water partition coefficient (Wildman–Crippen LogP) is 3.15. The van der Waals surface area contributed by atoms with Gasteiger partial charge in [0, 0.05) is 17.7 Å². The summed E-state index contributed by atoms with van der Waals surface area (Å²) in [7, 11) is 0. The third kappa shape index (κ3) is 4.11. The number of Topliss-reactive ketones (excluding diaryl/α,β-unsaturated/α-hetero) is 1. The molecule has 0 aromatic heterocycles. The van der Waals surface area contributed by atoms with Gasteiger partial charge >= 0.3 is 0 Å². The third-order valence-electron chi connectivity index (χ3n) is 4.32. The van der Waals surface area contributed by atoms with Crippen LogP contribution in [0.1, 0.15) is 37.0 Å². The van der Waals surface area contributed by atoms with Crippen molar-refractivity contribution in [3.8, 4) is 0 Å². The van der Waals surface area contributed by atoms with Crippen molar-refractivity contribution in [3.63, 3.8) is 0 Å². The van der Waals surface area contributed by atoms with Crippen LogP contribution in [0.2, 0.25) is 0 Å². The minimum Gasteiger partial charge on any atom is -0.296 e. The molecule has 1 aliphatic heterocycles. The van der Waals surface area contributed by atoms with Crippen LogP contribution in [0.4, 0.5) is 5.69 Å². The molecule has 1 fully saturated rings. The number of nitro benzene ring substituents is 1. The zero-order valence-corrected chi connectivity index (χ0v) is 12.6. The predicted molar refractivity (Wildman–Crippen MR) is 81.4 cm³/mol. The highest BCUT2D eigenvalue weighted by molar-refractivity contribution is 5.98. The first-order chi connectivity index (χ1) is 9.97. The molecule has 1 heterocycles. The molecule has 0 spiro atoms. The highest BCUT2D eigenvalue weighted by atomic mass is 16.6. The first-order valence-corrected chi connectivity index (χ1v) is 7.47. The van der Waals surface area contributed by atoms with Crippen molar-refractivity contribution in [1.29, 1.82) is 0 Å². The van der Waals surface area contributed by atoms with Crippen LogP contribution < -0.4 is 0 Å². The van der Waals surface area contributed by atoms with Crippen LogP contribution in [0.15, 0.2) is 24.3 Å². The zero-order chi connectivity index (χ0) is 15.4. The molecule has 114 valence electrons. The number of nitro groups is 1. The average molecular weight is 290 g/mol. The summed E-state index contributed by atoms with van der Waals surface area (Å²) in [5.41, 5.74) is 0.398. The highest BCUT2D eigenvalue weighted by Crippen LogP contribution is 2.24. The van der Waals surface area contributed by atoms with E-state index in [-0.39, 0.29) is 11.5 Å². The molecule has 0 saturated carbocycles. The number of rotatable bonds is 5. The number of hydrogen-bond donors (Lipinski definition) is 0. The number of likely N-dealkylation sites (tertiary alicyclic amines) is 1. The molecule has 0 radical (unpaired) electrons. The van der Waals surface area contributed by atoms with Crippen LogP contribution in [0.5, 0.6) is 0 Å². The Kier molecular flexibility index (Phi) is 5.07. The Morgan fingerprint density at radius 2 is 2.05 bits per heavy atom. The SMILES string of the molecule is CC(C)C1CCN(CC(=O)c2cccc([N+](=O)[O-])c2)CC1. The van der Waals surface area contributed by atoms with E-state index in [2.05, 4.69) is 18.7 Å². The maximum Gasteiger partial charge on any atom is 0.270 e. The van der Waals surface area contributed by atoms with Crippen molar-refractivity contribution < 1.29 is 9.72 Å². The topological polar surface area (TPSA) is 63.5 Å². The number of nitrogens with zero attached hydrogens (tertiary/aromatic N) is 2. The summed E-state index contributed by atoms with van der Waals surface area (Å²) in [6, 6.07) is 5.99. The maximum absolute atomic E-state index is 12.2. The van der Waals surface area contributed by atoms with Gasteiger partial charge in [-0.3, -0.25) is 19.8 Å². The molecule has 21 heavy (non-hydrogen) atoms. The second-order valence-electron chi connectivity index (χ2n) is 6.09. The third-order valence-corrected chi connectivity index (χ3v) is 4.32. The van der Waals surface area contributed by atoms with Gasteiger partial charge in [-0.15, -0.1) is 0 Å². The second-order valence-corrected chi connectivity index (χ2v) is 6.09. The Balaban J connectivity index is 1.93. The van der Waals surface area contributed by atoms with E-state index in [1.54, 1.807) is 12.1 Å². The summed E-state index contributed by atoms with van der Waals surface area (Å²) in [6.07, 6.45) is 2.25. The monoisotopic (exact) mass is 290 g/mol. The lowest BCUT2D eigenvalue weighted by Gasteiger charge is -2.33. The van der Waals surface area contributed by atoms with Gasteiger partial charge in [0.05, 0.1) is 11.5 Å². The van der Waals surface area contributed by atoms with Gasteiger partial charge in [-0.1, -0.05) is 26.0 Å². The Morgan fingerprint density at radius 3 is 2.62 bits per heavy atom. The van der Waals surface area contributed by atoms with Gasteiger partial charge in [-0.05, 0) is 37.8 Å². The van der Waals surface area contributed by atoms with Gasteiger partial charge in [0.15, 0.2) is 5.78 Å². The summed E-state index contributed by atoms with van der Waals surface area (Å²) in [5.74, 6) is 1.40. The molecule has 0 atom stereocenters. The van der Waals surface area contributed by atoms with Gasteiger partial charge in [-0.25, -0.2) is 0 Å². The number of carbonyl (C=O) groups excluding carboxylic acids is 1. The van der Waals surface area contributed by atoms with Gasteiger partial charge in [-0.2, -0.15) is 0 Å². The lowest BCUT2D eigenvalue weighted by molar-refractivity contribution is -0.384. The Labute approximate surface area is 125 Å². The van der Waals surface area contributed by atoms with Crippen LogP contribution in [0.25, 0.3) is 0 Å². The van der Waals surface area contributed by atoms with E-state index < -0.39 is 4.92 Å². The molecule has 0 amide bonds. The van der Waals surface area contributed by atoms with E-state index in [9.17, 15) is 14.9 Å². The summed E-state index contributed by atoms with van der Waals surface area (Å²) >= 11 is 0. The molecule has 5 heteroatoms. The lowest BCUT2D eigenvalue weighted by atomic mass is 9.86. The van der Waals surface area contributed by atoms with Gasteiger partial charge in [0.2, 0.25) is 0 Å². The Bertz CT molecular complexity index is 520. The smallest absolute Gasteiger partial charge is 0.270 e. The molecule has 1 saturated heterocycles. The number of piperidine rings is 1. The largest absolute Gasteiger partial charge is 0.296 e. The normalized spacial score (nSPS) is 17.1. The molecule has 0 N–H and O–H groups in total. The molecule has 1 aromatic carbocycles. The minimum absolute atomic E-state index is 0.0284. The minimum atomic E-state index is -0.467. The van der Waals surface area contributed by atoms with Crippen molar-refractivity contribution in [3.05, 3.63) is 39.9 Å². The van der Waals surface area contributed by atoms with E-state index in [4.69, 9.17) is 0 Å². The molecule has 0 aliphatic carbocycles. The van der Waals surface area contributed by atoms with E-state index in [0.717, 1.165) is 31.8 Å². The lowest BCUT2D eigenvalue weighted by Crippen LogP contribution is -2.38.